The number of amides is 3. The van der Waals surface area contributed by atoms with Gasteiger partial charge in [0, 0.05) is 0 Å². The van der Waals surface area contributed by atoms with Crippen molar-refractivity contribution in [2.75, 3.05) is 6.54 Å². The van der Waals surface area contributed by atoms with Crippen molar-refractivity contribution in [1.29, 1.82) is 5.26 Å². The molecule has 0 aromatic rings. The fourth-order valence-corrected chi connectivity index (χ4v) is 2.27. The topological polar surface area (TPSA) is 90.3 Å². The molecule has 2 fully saturated rings. The average Bonchev–Trinajstić information content (AvgIpc) is 2.23. The summed E-state index contributed by atoms with van der Waals surface area (Å²) in [4.78, 5) is 36.8. The molecule has 1 saturated heterocycles. The highest BCUT2D eigenvalue weighted by Gasteiger charge is 2.53. The van der Waals surface area contributed by atoms with E-state index in [-0.39, 0.29) is 6.54 Å². The zero-order valence-electron chi connectivity index (χ0n) is 10.4. The molecule has 1 aliphatic carbocycles. The van der Waals surface area contributed by atoms with Crippen molar-refractivity contribution >= 4 is 17.7 Å². The van der Waals surface area contributed by atoms with Crippen LogP contribution in [-0.2, 0) is 14.4 Å². The number of imide groups is 1. The van der Waals surface area contributed by atoms with Crippen molar-refractivity contribution in [2.24, 2.45) is 5.41 Å². The summed E-state index contributed by atoms with van der Waals surface area (Å²) in [6, 6.07) is 2.05. The van der Waals surface area contributed by atoms with Gasteiger partial charge in [-0.3, -0.25) is 19.7 Å². The Morgan fingerprint density at radius 2 is 2.00 bits per heavy atom. The van der Waals surface area contributed by atoms with Crippen molar-refractivity contribution in [2.45, 2.75) is 38.6 Å². The molecule has 1 saturated carbocycles. The molecule has 18 heavy (non-hydrogen) atoms. The maximum atomic E-state index is 12.4. The van der Waals surface area contributed by atoms with Gasteiger partial charge in [-0.2, -0.15) is 5.26 Å². The van der Waals surface area contributed by atoms with E-state index in [4.69, 9.17) is 5.26 Å². The van der Waals surface area contributed by atoms with Crippen LogP contribution >= 0.6 is 0 Å². The number of hydrogen-bond donors (Lipinski definition) is 1. The third kappa shape index (κ3) is 1.58. The van der Waals surface area contributed by atoms with Gasteiger partial charge in [0.15, 0.2) is 0 Å². The Labute approximate surface area is 105 Å². The summed E-state index contributed by atoms with van der Waals surface area (Å²) in [6.07, 6.45) is 1.84. The van der Waals surface area contributed by atoms with E-state index in [9.17, 15) is 14.4 Å². The van der Waals surface area contributed by atoms with Crippen LogP contribution in [0.15, 0.2) is 0 Å². The maximum absolute atomic E-state index is 12.4. The van der Waals surface area contributed by atoms with Gasteiger partial charge in [0.1, 0.15) is 17.5 Å². The summed E-state index contributed by atoms with van der Waals surface area (Å²) in [5.41, 5.74) is -2.13. The third-order valence-corrected chi connectivity index (χ3v) is 3.86. The first-order valence-electron chi connectivity index (χ1n) is 5.91. The first-order valence-corrected chi connectivity index (χ1v) is 5.91. The SMILES string of the molecule is CC1(C)C(=O)NC(=O)CN1C(=O)C1(C#N)CCC1. The monoisotopic (exact) mass is 249 g/mol. The molecule has 0 unspecified atom stereocenters. The number of carbonyl (C=O) groups is 3. The molecule has 3 amide bonds. The van der Waals surface area contributed by atoms with E-state index in [1.54, 1.807) is 13.8 Å². The highest BCUT2D eigenvalue weighted by Crippen LogP contribution is 2.43. The number of nitrogens with zero attached hydrogens (tertiary/aromatic N) is 2. The third-order valence-electron chi connectivity index (χ3n) is 3.86. The molecule has 0 radical (unpaired) electrons. The summed E-state index contributed by atoms with van der Waals surface area (Å²) in [5.74, 6) is -1.40. The summed E-state index contributed by atoms with van der Waals surface area (Å²) in [7, 11) is 0. The van der Waals surface area contributed by atoms with E-state index in [1.165, 1.54) is 4.90 Å². The van der Waals surface area contributed by atoms with E-state index in [0.717, 1.165) is 6.42 Å². The van der Waals surface area contributed by atoms with Crippen LogP contribution in [0.3, 0.4) is 0 Å². The lowest BCUT2D eigenvalue weighted by Gasteiger charge is -2.45. The summed E-state index contributed by atoms with van der Waals surface area (Å²) < 4.78 is 0. The summed E-state index contributed by atoms with van der Waals surface area (Å²) in [6.45, 7) is 2.99. The molecule has 0 aromatic heterocycles. The molecule has 0 atom stereocenters. The zero-order chi connectivity index (χ0) is 13.6. The van der Waals surface area contributed by atoms with E-state index in [0.29, 0.717) is 12.8 Å². The van der Waals surface area contributed by atoms with Crippen LogP contribution < -0.4 is 5.32 Å². The maximum Gasteiger partial charge on any atom is 0.252 e. The lowest BCUT2D eigenvalue weighted by Crippen LogP contribution is -2.68. The van der Waals surface area contributed by atoms with Gasteiger partial charge in [0.25, 0.3) is 5.91 Å². The highest BCUT2D eigenvalue weighted by atomic mass is 16.2. The second kappa shape index (κ2) is 3.80. The molecule has 96 valence electrons. The molecule has 1 heterocycles. The van der Waals surface area contributed by atoms with Crippen molar-refractivity contribution in [3.05, 3.63) is 0 Å². The molecule has 2 rings (SSSR count). The Kier molecular flexibility index (Phi) is 2.65. The number of carbonyl (C=O) groups excluding carboxylic acids is 3. The summed E-state index contributed by atoms with van der Waals surface area (Å²) in [5, 5.41) is 11.4. The Hall–Kier alpha value is -1.90. The quantitative estimate of drug-likeness (QED) is 0.659. The Balaban J connectivity index is 2.31. The van der Waals surface area contributed by atoms with Gasteiger partial charge >= 0.3 is 0 Å². The molecular weight excluding hydrogens is 234 g/mol. The molecular formula is C12H15N3O3. The van der Waals surface area contributed by atoms with Gasteiger partial charge in [-0.1, -0.05) is 0 Å². The fourth-order valence-electron chi connectivity index (χ4n) is 2.27. The first-order chi connectivity index (χ1) is 8.33. The normalized spacial score (nSPS) is 24.8. The number of nitrogens with one attached hydrogen (secondary N) is 1. The lowest BCUT2D eigenvalue weighted by molar-refractivity contribution is -0.162. The van der Waals surface area contributed by atoms with Gasteiger partial charge in [-0.15, -0.1) is 0 Å². The average molecular weight is 249 g/mol. The molecule has 1 N–H and O–H groups in total. The molecule has 1 aliphatic heterocycles. The van der Waals surface area contributed by atoms with Crippen molar-refractivity contribution in [3.8, 4) is 6.07 Å². The molecule has 2 aliphatic rings. The van der Waals surface area contributed by atoms with Gasteiger partial charge in [0.05, 0.1) is 6.07 Å². The lowest BCUT2D eigenvalue weighted by atomic mass is 9.68. The standard InChI is InChI=1S/C12H15N3O3/c1-11(2)9(17)14-8(16)6-15(11)10(18)12(7-13)4-3-5-12/h3-6H2,1-2H3,(H,14,16,17). The molecule has 0 aromatic carbocycles. The fraction of sp³-hybridized carbons (Fsp3) is 0.667. The minimum atomic E-state index is -1.09. The van der Waals surface area contributed by atoms with Gasteiger partial charge < -0.3 is 4.90 Å². The van der Waals surface area contributed by atoms with Crippen molar-refractivity contribution in [1.82, 2.24) is 10.2 Å². The second-order valence-corrected chi connectivity index (χ2v) is 5.38. The van der Waals surface area contributed by atoms with Crippen molar-refractivity contribution in [3.63, 3.8) is 0 Å². The number of piperazine rings is 1. The first kappa shape index (κ1) is 12.6. The minimum absolute atomic E-state index is 0.166. The van der Waals surface area contributed by atoms with Gasteiger partial charge in [0.2, 0.25) is 11.8 Å². The van der Waals surface area contributed by atoms with E-state index >= 15 is 0 Å². The highest BCUT2D eigenvalue weighted by molar-refractivity contribution is 6.07. The minimum Gasteiger partial charge on any atom is -0.318 e. The number of nitriles is 1. The second-order valence-electron chi connectivity index (χ2n) is 5.38. The van der Waals surface area contributed by atoms with Gasteiger partial charge in [-0.05, 0) is 33.1 Å². The van der Waals surface area contributed by atoms with Crippen LogP contribution in [0, 0.1) is 16.7 Å². The molecule has 0 bridgehead atoms. The number of hydrogen-bond acceptors (Lipinski definition) is 4. The van der Waals surface area contributed by atoms with E-state index in [1.807, 2.05) is 6.07 Å². The van der Waals surface area contributed by atoms with Crippen LogP contribution in [0.1, 0.15) is 33.1 Å². The van der Waals surface area contributed by atoms with Crippen LogP contribution in [-0.4, -0.2) is 34.7 Å². The largest absolute Gasteiger partial charge is 0.318 e. The molecule has 6 heteroatoms. The molecule has 0 spiro atoms. The molecule has 6 nitrogen and oxygen atoms in total. The number of rotatable bonds is 1. The van der Waals surface area contributed by atoms with E-state index in [2.05, 4.69) is 5.32 Å². The summed E-state index contributed by atoms with van der Waals surface area (Å²) >= 11 is 0. The van der Waals surface area contributed by atoms with E-state index < -0.39 is 28.7 Å². The zero-order valence-corrected chi connectivity index (χ0v) is 10.4. The Morgan fingerprint density at radius 1 is 1.39 bits per heavy atom. The Bertz CT molecular complexity index is 471. The van der Waals surface area contributed by atoms with Crippen LogP contribution in [0.25, 0.3) is 0 Å². The Morgan fingerprint density at radius 3 is 2.44 bits per heavy atom. The van der Waals surface area contributed by atoms with Crippen LogP contribution in [0.2, 0.25) is 0 Å². The predicted molar refractivity (Wildman–Crippen MR) is 60.8 cm³/mol. The van der Waals surface area contributed by atoms with Crippen LogP contribution in [0.5, 0.6) is 0 Å². The van der Waals surface area contributed by atoms with Crippen molar-refractivity contribution < 1.29 is 14.4 Å². The van der Waals surface area contributed by atoms with Gasteiger partial charge in [-0.25, -0.2) is 0 Å². The smallest absolute Gasteiger partial charge is 0.252 e. The predicted octanol–water partition coefficient (Wildman–Crippen LogP) is -0.0561. The van der Waals surface area contributed by atoms with Crippen LogP contribution in [0.4, 0.5) is 0 Å².